The van der Waals surface area contributed by atoms with Crippen molar-refractivity contribution in [2.24, 2.45) is 0 Å². The summed E-state index contributed by atoms with van der Waals surface area (Å²) in [6.07, 6.45) is 2.57. The first-order valence-corrected chi connectivity index (χ1v) is 6.99. The zero-order valence-electron chi connectivity index (χ0n) is 11.3. The van der Waals surface area contributed by atoms with Gasteiger partial charge in [0.15, 0.2) is 6.10 Å². The number of carbonyl (C=O) groups is 1. The largest absolute Gasteiger partial charge is 0.480 e. The van der Waals surface area contributed by atoms with E-state index in [4.69, 9.17) is 4.74 Å². The topological polar surface area (TPSA) is 41.6 Å². The first-order chi connectivity index (χ1) is 9.29. The number of nitrogens with one attached hydrogen (secondary N) is 1. The number of ether oxygens (including phenoxy) is 1. The normalized spacial score (nSPS) is 25.2. The highest BCUT2D eigenvalue weighted by Crippen LogP contribution is 2.30. The number of amides is 1. The average Bonchev–Trinajstić information content (AvgIpc) is 3.04. The molecule has 1 aromatic carbocycles. The Kier molecular flexibility index (Phi) is 3.42. The predicted molar refractivity (Wildman–Crippen MR) is 73.2 cm³/mol. The van der Waals surface area contributed by atoms with E-state index in [0.717, 1.165) is 37.2 Å². The van der Waals surface area contributed by atoms with Crippen LogP contribution in [0.1, 0.15) is 18.4 Å². The second kappa shape index (κ2) is 5.21. The molecule has 0 bridgehead atoms. The Hall–Kier alpha value is -1.55. The van der Waals surface area contributed by atoms with E-state index in [2.05, 4.69) is 5.32 Å². The van der Waals surface area contributed by atoms with Gasteiger partial charge in [0.2, 0.25) is 0 Å². The number of hydrogen-bond acceptors (Lipinski definition) is 3. The number of carbonyl (C=O) groups excluding carboxylic acids is 1. The highest BCUT2D eigenvalue weighted by Gasteiger charge is 2.36. The van der Waals surface area contributed by atoms with Crippen molar-refractivity contribution in [3.8, 4) is 5.75 Å². The number of likely N-dealkylation sites (tertiary alicyclic amines) is 1. The molecule has 3 rings (SSSR count). The summed E-state index contributed by atoms with van der Waals surface area (Å²) < 4.78 is 5.80. The molecule has 0 aromatic heterocycles. The zero-order valence-corrected chi connectivity index (χ0v) is 11.3. The highest BCUT2D eigenvalue weighted by atomic mass is 16.5. The Balaban J connectivity index is 1.69. The van der Waals surface area contributed by atoms with Crippen LogP contribution in [0.15, 0.2) is 24.3 Å². The van der Waals surface area contributed by atoms with Crippen LogP contribution in [-0.2, 0) is 11.2 Å². The van der Waals surface area contributed by atoms with Crippen molar-refractivity contribution < 1.29 is 9.53 Å². The van der Waals surface area contributed by atoms with Gasteiger partial charge in [0.05, 0.1) is 0 Å². The van der Waals surface area contributed by atoms with Gasteiger partial charge in [-0.15, -0.1) is 0 Å². The minimum Gasteiger partial charge on any atom is -0.480 e. The maximum absolute atomic E-state index is 12.6. The van der Waals surface area contributed by atoms with Gasteiger partial charge in [-0.3, -0.25) is 4.79 Å². The van der Waals surface area contributed by atoms with E-state index in [0.29, 0.717) is 12.5 Å². The van der Waals surface area contributed by atoms with Crippen molar-refractivity contribution in [3.05, 3.63) is 29.8 Å². The van der Waals surface area contributed by atoms with E-state index in [1.54, 1.807) is 0 Å². The molecular formula is C15H20N2O2. The van der Waals surface area contributed by atoms with Crippen LogP contribution in [-0.4, -0.2) is 43.1 Å². The van der Waals surface area contributed by atoms with E-state index in [-0.39, 0.29) is 12.0 Å². The van der Waals surface area contributed by atoms with Crippen LogP contribution in [0.25, 0.3) is 0 Å². The molecule has 2 atom stereocenters. The number of nitrogens with zero attached hydrogens (tertiary/aromatic N) is 1. The number of hydrogen-bond donors (Lipinski definition) is 1. The SMILES string of the molecule is CNCC1CCCN1C(=O)C1Cc2ccccc2O1. The predicted octanol–water partition coefficient (Wildman–Crippen LogP) is 1.20. The van der Waals surface area contributed by atoms with Crippen LogP contribution >= 0.6 is 0 Å². The summed E-state index contributed by atoms with van der Waals surface area (Å²) in [6, 6.07) is 8.25. The molecule has 1 fully saturated rings. The Bertz CT molecular complexity index is 450. The summed E-state index contributed by atoms with van der Waals surface area (Å²) in [5, 5.41) is 3.17. The highest BCUT2D eigenvalue weighted by molar-refractivity contribution is 5.83. The van der Waals surface area contributed by atoms with Crippen LogP contribution in [0.2, 0.25) is 0 Å². The van der Waals surface area contributed by atoms with Crippen molar-refractivity contribution in [1.29, 1.82) is 0 Å². The number of benzene rings is 1. The third-order valence-corrected chi connectivity index (χ3v) is 4.02. The fraction of sp³-hybridized carbons (Fsp3) is 0.533. The van der Waals surface area contributed by atoms with E-state index in [1.807, 2.05) is 36.2 Å². The van der Waals surface area contributed by atoms with Gasteiger partial charge in [0, 0.05) is 25.6 Å². The zero-order chi connectivity index (χ0) is 13.2. The van der Waals surface area contributed by atoms with Gasteiger partial charge < -0.3 is 15.0 Å². The molecule has 0 aliphatic carbocycles. The quantitative estimate of drug-likeness (QED) is 0.888. The summed E-state index contributed by atoms with van der Waals surface area (Å²) in [7, 11) is 1.93. The summed E-state index contributed by atoms with van der Waals surface area (Å²) in [5.41, 5.74) is 1.14. The molecular weight excluding hydrogens is 240 g/mol. The lowest BCUT2D eigenvalue weighted by Gasteiger charge is -2.26. The first-order valence-electron chi connectivity index (χ1n) is 6.99. The van der Waals surface area contributed by atoms with Crippen molar-refractivity contribution >= 4 is 5.91 Å². The summed E-state index contributed by atoms with van der Waals surface area (Å²) in [5.74, 6) is 1.01. The van der Waals surface area contributed by atoms with Crippen molar-refractivity contribution in [2.45, 2.75) is 31.4 Å². The number of likely N-dealkylation sites (N-methyl/N-ethyl adjacent to an activating group) is 1. The maximum Gasteiger partial charge on any atom is 0.264 e. The second-order valence-corrected chi connectivity index (χ2v) is 5.30. The molecule has 1 aromatic rings. The van der Waals surface area contributed by atoms with Gasteiger partial charge in [0.25, 0.3) is 5.91 Å². The van der Waals surface area contributed by atoms with Crippen LogP contribution < -0.4 is 10.1 Å². The molecule has 0 spiro atoms. The van der Waals surface area contributed by atoms with Crippen LogP contribution in [0.5, 0.6) is 5.75 Å². The second-order valence-electron chi connectivity index (χ2n) is 5.30. The number of rotatable bonds is 3. The van der Waals surface area contributed by atoms with E-state index in [9.17, 15) is 4.79 Å². The molecule has 2 aliphatic rings. The molecule has 0 saturated carbocycles. The van der Waals surface area contributed by atoms with Crippen LogP contribution in [0, 0.1) is 0 Å². The van der Waals surface area contributed by atoms with E-state index < -0.39 is 0 Å². The Morgan fingerprint density at radius 2 is 2.32 bits per heavy atom. The van der Waals surface area contributed by atoms with Crippen LogP contribution in [0.3, 0.4) is 0 Å². The van der Waals surface area contributed by atoms with Gasteiger partial charge in [-0.25, -0.2) is 0 Å². The van der Waals surface area contributed by atoms with E-state index >= 15 is 0 Å². The fourth-order valence-corrected chi connectivity index (χ4v) is 3.08. The minimum atomic E-state index is -0.324. The van der Waals surface area contributed by atoms with Gasteiger partial charge >= 0.3 is 0 Å². The molecule has 19 heavy (non-hydrogen) atoms. The Morgan fingerprint density at radius 1 is 1.47 bits per heavy atom. The average molecular weight is 260 g/mol. The first kappa shape index (κ1) is 12.5. The number of para-hydroxylation sites is 1. The number of fused-ring (bicyclic) bond motifs is 1. The minimum absolute atomic E-state index is 0.147. The molecule has 1 N–H and O–H groups in total. The summed E-state index contributed by atoms with van der Waals surface area (Å²) in [4.78, 5) is 14.6. The molecule has 102 valence electrons. The summed E-state index contributed by atoms with van der Waals surface area (Å²) in [6.45, 7) is 1.73. The molecule has 2 unspecified atom stereocenters. The van der Waals surface area contributed by atoms with Gasteiger partial charge in [-0.05, 0) is 31.5 Å². The van der Waals surface area contributed by atoms with Gasteiger partial charge in [-0.1, -0.05) is 18.2 Å². The molecule has 1 amide bonds. The van der Waals surface area contributed by atoms with Gasteiger partial charge in [-0.2, -0.15) is 0 Å². The molecule has 0 radical (unpaired) electrons. The molecule has 4 nitrogen and oxygen atoms in total. The standard InChI is InChI=1S/C15H20N2O2/c1-16-10-12-6-4-8-17(12)15(18)14-9-11-5-2-3-7-13(11)19-14/h2-3,5,7,12,14,16H,4,6,8-10H2,1H3. The van der Waals surface area contributed by atoms with Crippen LogP contribution in [0.4, 0.5) is 0 Å². The van der Waals surface area contributed by atoms with Crippen molar-refractivity contribution in [3.63, 3.8) is 0 Å². The smallest absolute Gasteiger partial charge is 0.264 e. The monoisotopic (exact) mass is 260 g/mol. The molecule has 2 heterocycles. The lowest BCUT2D eigenvalue weighted by Crippen LogP contribution is -2.46. The lowest BCUT2D eigenvalue weighted by molar-refractivity contribution is -0.138. The Labute approximate surface area is 113 Å². The third-order valence-electron chi connectivity index (χ3n) is 4.02. The lowest BCUT2D eigenvalue weighted by atomic mass is 10.1. The van der Waals surface area contributed by atoms with Crippen molar-refractivity contribution in [1.82, 2.24) is 10.2 Å². The molecule has 2 aliphatic heterocycles. The Morgan fingerprint density at radius 3 is 3.11 bits per heavy atom. The molecule has 4 heteroatoms. The summed E-state index contributed by atoms with van der Waals surface area (Å²) >= 11 is 0. The fourth-order valence-electron chi connectivity index (χ4n) is 3.08. The molecule has 1 saturated heterocycles. The maximum atomic E-state index is 12.6. The van der Waals surface area contributed by atoms with Gasteiger partial charge in [0.1, 0.15) is 5.75 Å². The van der Waals surface area contributed by atoms with Crippen molar-refractivity contribution in [2.75, 3.05) is 20.1 Å². The van der Waals surface area contributed by atoms with E-state index in [1.165, 1.54) is 0 Å². The third kappa shape index (κ3) is 2.32.